The summed E-state index contributed by atoms with van der Waals surface area (Å²) in [6.07, 6.45) is 9.56. The van der Waals surface area contributed by atoms with E-state index in [9.17, 15) is 0 Å². The number of rotatable bonds is 4. The lowest BCUT2D eigenvalue weighted by molar-refractivity contribution is 0.206. The highest BCUT2D eigenvalue weighted by molar-refractivity contribution is 4.78. The van der Waals surface area contributed by atoms with Crippen LogP contribution < -0.4 is 0 Å². The van der Waals surface area contributed by atoms with Gasteiger partial charge in [-0.1, -0.05) is 18.9 Å². The summed E-state index contributed by atoms with van der Waals surface area (Å²) in [5, 5.41) is 8.77. The summed E-state index contributed by atoms with van der Waals surface area (Å²) in [6.45, 7) is 4.14. The van der Waals surface area contributed by atoms with Crippen LogP contribution in [0.15, 0.2) is 12.7 Å². The molecule has 0 unspecified atom stereocenters. The van der Waals surface area contributed by atoms with E-state index in [1.54, 1.807) is 0 Å². The predicted octanol–water partition coefficient (Wildman–Crippen LogP) is 2.75. The van der Waals surface area contributed by atoms with E-state index in [0.717, 1.165) is 18.3 Å². The molecule has 0 spiro atoms. The topological polar surface area (TPSA) is 20.2 Å². The molecule has 0 aromatic heterocycles. The van der Waals surface area contributed by atoms with Gasteiger partial charge in [0.05, 0.1) is 0 Å². The van der Waals surface area contributed by atoms with Crippen molar-refractivity contribution in [3.8, 4) is 0 Å². The molecule has 0 bridgehead atoms. The number of hydrogen-bond donors (Lipinski definition) is 1. The smallest absolute Gasteiger partial charge is 0.0433 e. The van der Waals surface area contributed by atoms with E-state index >= 15 is 0 Å². The van der Waals surface area contributed by atoms with Crippen LogP contribution in [0, 0.1) is 11.8 Å². The van der Waals surface area contributed by atoms with Gasteiger partial charge in [0.15, 0.2) is 0 Å². The Kier molecular flexibility index (Phi) is 4.37. The Morgan fingerprint density at radius 1 is 1.17 bits per heavy atom. The Morgan fingerprint density at radius 2 is 1.75 bits per heavy atom. The predicted molar refractivity (Wildman–Crippen MR) is 52.0 cm³/mol. The summed E-state index contributed by atoms with van der Waals surface area (Å²) >= 11 is 0. The van der Waals surface area contributed by atoms with Gasteiger partial charge in [0, 0.05) is 6.61 Å². The van der Waals surface area contributed by atoms with E-state index in [1.165, 1.54) is 32.1 Å². The standard InChI is InChI=1S/C11H20O/c1-2-3-10-4-6-11(7-5-10)8-9-12/h2,10-12H,1,3-9H2/t10-,11-. The van der Waals surface area contributed by atoms with Crippen LogP contribution >= 0.6 is 0 Å². The van der Waals surface area contributed by atoms with Crippen LogP contribution in [0.1, 0.15) is 38.5 Å². The van der Waals surface area contributed by atoms with Gasteiger partial charge in [-0.05, 0) is 37.5 Å². The molecule has 1 saturated carbocycles. The van der Waals surface area contributed by atoms with Crippen molar-refractivity contribution in [2.75, 3.05) is 6.61 Å². The first-order chi connectivity index (χ1) is 5.86. The molecule has 0 amide bonds. The van der Waals surface area contributed by atoms with Gasteiger partial charge in [-0.25, -0.2) is 0 Å². The van der Waals surface area contributed by atoms with Crippen molar-refractivity contribution >= 4 is 0 Å². The second kappa shape index (κ2) is 5.36. The van der Waals surface area contributed by atoms with Gasteiger partial charge in [0.1, 0.15) is 0 Å². The van der Waals surface area contributed by atoms with Gasteiger partial charge in [-0.3, -0.25) is 0 Å². The molecule has 0 atom stereocenters. The Bertz CT molecular complexity index is 123. The molecule has 12 heavy (non-hydrogen) atoms. The molecule has 1 aliphatic rings. The van der Waals surface area contributed by atoms with Crippen molar-refractivity contribution in [3.05, 3.63) is 12.7 Å². The number of hydrogen-bond acceptors (Lipinski definition) is 1. The molecule has 1 nitrogen and oxygen atoms in total. The van der Waals surface area contributed by atoms with Crippen molar-refractivity contribution in [1.29, 1.82) is 0 Å². The summed E-state index contributed by atoms with van der Waals surface area (Å²) in [7, 11) is 0. The highest BCUT2D eigenvalue weighted by Crippen LogP contribution is 2.32. The van der Waals surface area contributed by atoms with Gasteiger partial charge < -0.3 is 5.11 Å². The fraction of sp³-hybridized carbons (Fsp3) is 0.818. The lowest BCUT2D eigenvalue weighted by Gasteiger charge is -2.27. The monoisotopic (exact) mass is 168 g/mol. The lowest BCUT2D eigenvalue weighted by atomic mass is 9.79. The Balaban J connectivity index is 2.15. The maximum absolute atomic E-state index is 8.77. The minimum Gasteiger partial charge on any atom is -0.396 e. The van der Waals surface area contributed by atoms with Gasteiger partial charge in [0.2, 0.25) is 0 Å². The van der Waals surface area contributed by atoms with Crippen molar-refractivity contribution in [2.24, 2.45) is 11.8 Å². The molecule has 1 fully saturated rings. The highest BCUT2D eigenvalue weighted by atomic mass is 16.3. The average Bonchev–Trinajstić information content (AvgIpc) is 2.09. The second-order valence-electron chi connectivity index (χ2n) is 3.92. The molecule has 0 aromatic carbocycles. The molecule has 1 aliphatic carbocycles. The first-order valence-electron chi connectivity index (χ1n) is 5.08. The molecule has 0 aromatic rings. The molecule has 0 heterocycles. The Morgan fingerprint density at radius 3 is 2.25 bits per heavy atom. The van der Waals surface area contributed by atoms with E-state index in [4.69, 9.17) is 5.11 Å². The van der Waals surface area contributed by atoms with Crippen molar-refractivity contribution in [2.45, 2.75) is 38.5 Å². The molecule has 1 N–H and O–H groups in total. The van der Waals surface area contributed by atoms with E-state index in [1.807, 2.05) is 6.08 Å². The molecule has 0 radical (unpaired) electrons. The Hall–Kier alpha value is -0.300. The summed E-state index contributed by atoms with van der Waals surface area (Å²) in [6, 6.07) is 0. The third-order valence-corrected chi connectivity index (χ3v) is 3.00. The molecular weight excluding hydrogens is 148 g/mol. The van der Waals surface area contributed by atoms with E-state index < -0.39 is 0 Å². The minimum atomic E-state index is 0.372. The SMILES string of the molecule is C=CC[C@H]1CC[C@H](CCO)CC1. The summed E-state index contributed by atoms with van der Waals surface area (Å²) < 4.78 is 0. The number of aliphatic hydroxyl groups excluding tert-OH is 1. The van der Waals surface area contributed by atoms with E-state index in [-0.39, 0.29) is 0 Å². The van der Waals surface area contributed by atoms with Crippen LogP contribution in [-0.2, 0) is 0 Å². The second-order valence-corrected chi connectivity index (χ2v) is 3.92. The van der Waals surface area contributed by atoms with Gasteiger partial charge in [0.25, 0.3) is 0 Å². The van der Waals surface area contributed by atoms with Crippen LogP contribution in [0.4, 0.5) is 0 Å². The summed E-state index contributed by atoms with van der Waals surface area (Å²) in [5.41, 5.74) is 0. The summed E-state index contributed by atoms with van der Waals surface area (Å²) in [5.74, 6) is 1.69. The largest absolute Gasteiger partial charge is 0.396 e. The molecule has 0 saturated heterocycles. The number of allylic oxidation sites excluding steroid dienone is 1. The lowest BCUT2D eigenvalue weighted by Crippen LogP contribution is -2.14. The van der Waals surface area contributed by atoms with Crippen molar-refractivity contribution in [3.63, 3.8) is 0 Å². The minimum absolute atomic E-state index is 0.372. The van der Waals surface area contributed by atoms with Gasteiger partial charge in [-0.2, -0.15) is 0 Å². The molecule has 1 heteroatoms. The third kappa shape index (κ3) is 2.98. The van der Waals surface area contributed by atoms with E-state index in [2.05, 4.69) is 6.58 Å². The first kappa shape index (κ1) is 9.79. The fourth-order valence-corrected chi connectivity index (χ4v) is 2.17. The highest BCUT2D eigenvalue weighted by Gasteiger charge is 2.19. The van der Waals surface area contributed by atoms with Crippen LogP contribution in [0.3, 0.4) is 0 Å². The molecule has 70 valence electrons. The summed E-state index contributed by atoms with van der Waals surface area (Å²) in [4.78, 5) is 0. The Labute approximate surface area is 75.5 Å². The van der Waals surface area contributed by atoms with Gasteiger partial charge >= 0.3 is 0 Å². The quantitative estimate of drug-likeness (QED) is 0.640. The van der Waals surface area contributed by atoms with Gasteiger partial charge in [-0.15, -0.1) is 6.58 Å². The molecule has 0 aliphatic heterocycles. The van der Waals surface area contributed by atoms with Crippen molar-refractivity contribution in [1.82, 2.24) is 0 Å². The van der Waals surface area contributed by atoms with Crippen LogP contribution in [0.5, 0.6) is 0 Å². The maximum atomic E-state index is 8.77. The fourth-order valence-electron chi connectivity index (χ4n) is 2.17. The maximum Gasteiger partial charge on any atom is 0.0433 e. The molecule has 1 rings (SSSR count). The average molecular weight is 168 g/mol. The zero-order chi connectivity index (χ0) is 8.81. The van der Waals surface area contributed by atoms with Crippen LogP contribution in [-0.4, -0.2) is 11.7 Å². The first-order valence-corrected chi connectivity index (χ1v) is 5.08. The zero-order valence-electron chi connectivity index (χ0n) is 7.84. The third-order valence-electron chi connectivity index (χ3n) is 3.00. The number of aliphatic hydroxyl groups is 1. The van der Waals surface area contributed by atoms with Crippen LogP contribution in [0.2, 0.25) is 0 Å². The zero-order valence-corrected chi connectivity index (χ0v) is 7.84. The van der Waals surface area contributed by atoms with Crippen LogP contribution in [0.25, 0.3) is 0 Å². The normalized spacial score (nSPS) is 30.1. The van der Waals surface area contributed by atoms with Crippen molar-refractivity contribution < 1.29 is 5.11 Å². The van der Waals surface area contributed by atoms with E-state index in [0.29, 0.717) is 6.61 Å². The molecular formula is C11H20O.